The van der Waals surface area contributed by atoms with Crippen LogP contribution in [0.2, 0.25) is 0 Å². The number of fused-ring (bicyclic) bond motifs is 1. The lowest BCUT2D eigenvalue weighted by molar-refractivity contribution is -0.257. The van der Waals surface area contributed by atoms with Crippen molar-refractivity contribution in [2.45, 2.75) is 37.1 Å². The second kappa shape index (κ2) is 7.73. The molecule has 2 atom stereocenters. The van der Waals surface area contributed by atoms with E-state index in [1.807, 2.05) is 30.3 Å². The molecule has 0 aliphatic heterocycles. The molecule has 2 heterocycles. The Labute approximate surface area is 186 Å². The first-order valence-electron chi connectivity index (χ1n) is 10.4. The molecule has 1 saturated carbocycles. The molecule has 1 aliphatic rings. The van der Waals surface area contributed by atoms with Crippen LogP contribution in [0.3, 0.4) is 0 Å². The molecular weight excluding hydrogens is 435 g/mol. The summed E-state index contributed by atoms with van der Waals surface area (Å²) >= 11 is 0. The molecule has 0 radical (unpaired) electrons. The Morgan fingerprint density at radius 1 is 1.03 bits per heavy atom. The van der Waals surface area contributed by atoms with Crippen LogP contribution in [-0.4, -0.2) is 36.6 Å². The Balaban J connectivity index is 1.51. The van der Waals surface area contributed by atoms with Crippen molar-refractivity contribution >= 4 is 16.9 Å². The van der Waals surface area contributed by atoms with Crippen LogP contribution in [0.5, 0.6) is 11.5 Å². The molecule has 2 aromatic carbocycles. The molecule has 5 rings (SSSR count). The minimum atomic E-state index is -4.71. The third-order valence-corrected chi connectivity index (χ3v) is 5.96. The molecule has 0 saturated heterocycles. The maximum atomic E-state index is 13.3. The van der Waals surface area contributed by atoms with Gasteiger partial charge in [-0.05, 0) is 49.2 Å². The molecule has 33 heavy (non-hydrogen) atoms. The number of alkyl halides is 3. The number of hydrogen-bond donors (Lipinski definition) is 2. The van der Waals surface area contributed by atoms with Crippen molar-refractivity contribution in [1.82, 2.24) is 19.7 Å². The Morgan fingerprint density at radius 2 is 1.73 bits per heavy atom. The predicted molar refractivity (Wildman–Crippen MR) is 116 cm³/mol. The minimum Gasteiger partial charge on any atom is -0.457 e. The highest BCUT2D eigenvalue weighted by Gasteiger charge is 2.57. The van der Waals surface area contributed by atoms with E-state index in [1.54, 1.807) is 24.3 Å². The maximum absolute atomic E-state index is 13.3. The van der Waals surface area contributed by atoms with Crippen LogP contribution in [0.4, 0.5) is 19.0 Å². The smallest absolute Gasteiger partial charge is 0.417 e. The van der Waals surface area contributed by atoms with Gasteiger partial charge in [-0.15, -0.1) is 0 Å². The second-order valence-electron chi connectivity index (χ2n) is 8.12. The fraction of sp³-hybridized carbons (Fsp3) is 0.261. The zero-order chi connectivity index (χ0) is 23.2. The lowest BCUT2D eigenvalue weighted by Crippen LogP contribution is -2.42. The average Bonchev–Trinajstić information content (AvgIpc) is 3.38. The van der Waals surface area contributed by atoms with Crippen molar-refractivity contribution < 1.29 is 23.0 Å². The van der Waals surface area contributed by atoms with Gasteiger partial charge in [0.25, 0.3) is 0 Å². The van der Waals surface area contributed by atoms with E-state index in [-0.39, 0.29) is 12.2 Å². The topological polar surface area (TPSA) is 99.1 Å². The van der Waals surface area contributed by atoms with Crippen molar-refractivity contribution in [2.24, 2.45) is 0 Å². The first-order valence-corrected chi connectivity index (χ1v) is 10.4. The number of benzene rings is 2. The van der Waals surface area contributed by atoms with E-state index in [0.29, 0.717) is 33.8 Å². The average molecular weight is 455 g/mol. The van der Waals surface area contributed by atoms with Gasteiger partial charge in [0, 0.05) is 12.0 Å². The van der Waals surface area contributed by atoms with Crippen molar-refractivity contribution in [1.29, 1.82) is 0 Å². The summed E-state index contributed by atoms with van der Waals surface area (Å²) in [7, 11) is 0. The molecule has 0 spiro atoms. The molecule has 4 aromatic rings. The summed E-state index contributed by atoms with van der Waals surface area (Å²) in [6.07, 6.45) is -4.25. The van der Waals surface area contributed by atoms with Gasteiger partial charge in [0.1, 0.15) is 29.3 Å². The van der Waals surface area contributed by atoms with Crippen LogP contribution in [-0.2, 0) is 0 Å². The molecule has 0 bridgehead atoms. The van der Waals surface area contributed by atoms with Gasteiger partial charge >= 0.3 is 6.18 Å². The normalized spacial score (nSPS) is 20.9. The van der Waals surface area contributed by atoms with E-state index in [0.717, 1.165) is 0 Å². The first kappa shape index (κ1) is 21.2. The van der Waals surface area contributed by atoms with E-state index in [1.165, 1.54) is 11.0 Å². The van der Waals surface area contributed by atoms with Crippen molar-refractivity contribution in [3.63, 3.8) is 0 Å². The van der Waals surface area contributed by atoms with E-state index in [2.05, 4.69) is 15.1 Å². The number of nitrogen functional groups attached to an aromatic ring is 1. The standard InChI is InChI=1S/C23H20F3N5O2/c24-23(25,26)22(32)11-10-15(12-22)31-21-18(20(27)28-13-29-21)19(30-31)14-6-8-17(9-7-14)33-16-4-2-1-3-5-16/h1-9,13,15,32H,10-12H2,(H2,27,28,29). The number of para-hydroxylation sites is 1. The number of anilines is 1. The third-order valence-electron chi connectivity index (χ3n) is 5.96. The summed E-state index contributed by atoms with van der Waals surface area (Å²) in [6.45, 7) is 0. The van der Waals surface area contributed by atoms with Gasteiger partial charge in [-0.1, -0.05) is 18.2 Å². The monoisotopic (exact) mass is 455 g/mol. The van der Waals surface area contributed by atoms with Gasteiger partial charge in [0.15, 0.2) is 11.2 Å². The molecule has 3 N–H and O–H groups in total. The summed E-state index contributed by atoms with van der Waals surface area (Å²) in [5.74, 6) is 1.48. The molecule has 2 unspecified atom stereocenters. The maximum Gasteiger partial charge on any atom is 0.417 e. The van der Waals surface area contributed by atoms with E-state index in [9.17, 15) is 18.3 Å². The zero-order valence-corrected chi connectivity index (χ0v) is 17.3. The van der Waals surface area contributed by atoms with Gasteiger partial charge in [0.05, 0.1) is 11.4 Å². The molecule has 10 heteroatoms. The SMILES string of the molecule is Nc1ncnc2c1c(-c1ccc(Oc3ccccc3)cc1)nn2C1CCC(O)(C(F)(F)F)C1. The third kappa shape index (κ3) is 3.76. The Morgan fingerprint density at radius 3 is 2.39 bits per heavy atom. The van der Waals surface area contributed by atoms with E-state index >= 15 is 0 Å². The molecule has 7 nitrogen and oxygen atoms in total. The fourth-order valence-electron chi connectivity index (χ4n) is 4.22. The van der Waals surface area contributed by atoms with Crippen LogP contribution >= 0.6 is 0 Å². The van der Waals surface area contributed by atoms with Crippen molar-refractivity contribution in [3.05, 3.63) is 60.9 Å². The Bertz CT molecular complexity index is 1290. The molecular formula is C23H20F3N5O2. The largest absolute Gasteiger partial charge is 0.457 e. The zero-order valence-electron chi connectivity index (χ0n) is 17.3. The van der Waals surface area contributed by atoms with Crippen LogP contribution < -0.4 is 10.5 Å². The van der Waals surface area contributed by atoms with Gasteiger partial charge in [-0.25, -0.2) is 14.6 Å². The van der Waals surface area contributed by atoms with Crippen molar-refractivity contribution in [3.8, 4) is 22.8 Å². The highest BCUT2D eigenvalue weighted by molar-refractivity contribution is 5.98. The number of aromatic nitrogens is 4. The van der Waals surface area contributed by atoms with Crippen molar-refractivity contribution in [2.75, 3.05) is 5.73 Å². The van der Waals surface area contributed by atoms with E-state index in [4.69, 9.17) is 10.5 Å². The first-order chi connectivity index (χ1) is 15.7. The van der Waals surface area contributed by atoms with Gasteiger partial charge in [0.2, 0.25) is 0 Å². The number of nitrogens with zero attached hydrogens (tertiary/aromatic N) is 4. The van der Waals surface area contributed by atoms with Gasteiger partial charge < -0.3 is 15.6 Å². The summed E-state index contributed by atoms with van der Waals surface area (Å²) in [5.41, 5.74) is 4.83. The number of ether oxygens (including phenoxy) is 1. The summed E-state index contributed by atoms with van der Waals surface area (Å²) in [5, 5.41) is 15.2. The minimum absolute atomic E-state index is 0.111. The van der Waals surface area contributed by atoms with Crippen LogP contribution in [0.1, 0.15) is 25.3 Å². The highest BCUT2D eigenvalue weighted by atomic mass is 19.4. The Kier molecular flexibility index (Phi) is 4.97. The summed E-state index contributed by atoms with van der Waals surface area (Å²) < 4.78 is 47.3. The molecule has 1 aliphatic carbocycles. The number of aliphatic hydroxyl groups is 1. The summed E-state index contributed by atoms with van der Waals surface area (Å²) in [4.78, 5) is 8.27. The number of nitrogens with two attached hydrogens (primary N) is 1. The molecule has 1 fully saturated rings. The Hall–Kier alpha value is -3.66. The lowest BCUT2D eigenvalue weighted by atomic mass is 10.0. The number of halogens is 3. The predicted octanol–water partition coefficient (Wildman–Crippen LogP) is 4.89. The fourth-order valence-corrected chi connectivity index (χ4v) is 4.22. The van der Waals surface area contributed by atoms with Crippen LogP contribution in [0, 0.1) is 0 Å². The quantitative estimate of drug-likeness (QED) is 0.455. The van der Waals surface area contributed by atoms with Crippen LogP contribution in [0.25, 0.3) is 22.3 Å². The molecule has 2 aromatic heterocycles. The number of hydrogen-bond acceptors (Lipinski definition) is 6. The van der Waals surface area contributed by atoms with Crippen LogP contribution in [0.15, 0.2) is 60.9 Å². The lowest BCUT2D eigenvalue weighted by Gasteiger charge is -2.25. The highest BCUT2D eigenvalue weighted by Crippen LogP contribution is 2.48. The summed E-state index contributed by atoms with van der Waals surface area (Å²) in [6, 6.07) is 15.7. The van der Waals surface area contributed by atoms with Gasteiger partial charge in [-0.2, -0.15) is 18.3 Å². The number of rotatable bonds is 4. The van der Waals surface area contributed by atoms with Gasteiger partial charge in [-0.3, -0.25) is 0 Å². The molecule has 170 valence electrons. The van der Waals surface area contributed by atoms with E-state index < -0.39 is 30.7 Å². The molecule has 0 amide bonds. The second-order valence-corrected chi connectivity index (χ2v) is 8.12.